The number of nitro benzene ring substituents is 4. The highest BCUT2D eigenvalue weighted by Crippen LogP contribution is 2.35. The standard InChI is InChI=1S/C21H15N5O11/c27-21(28)17(22-16-7-3-13(23(29)30)10-18(16)25(33)34)9-12-1-5-15(6-2-12)37-20-8-4-14(24(31)32)11-19(20)26(35)36/h1-8,10-11,17,22H,9H2,(H,27,28)/t17-/m0/s1. The van der Waals surface area contributed by atoms with E-state index in [2.05, 4.69) is 5.32 Å². The van der Waals surface area contributed by atoms with Crippen LogP contribution in [-0.2, 0) is 11.2 Å². The first-order chi connectivity index (χ1) is 17.5. The van der Waals surface area contributed by atoms with Gasteiger partial charge < -0.3 is 15.2 Å². The number of nitrogens with one attached hydrogen (secondary N) is 1. The van der Waals surface area contributed by atoms with Crippen molar-refractivity contribution >= 4 is 34.4 Å². The molecule has 190 valence electrons. The van der Waals surface area contributed by atoms with Crippen LogP contribution in [0.4, 0.5) is 28.4 Å². The Balaban J connectivity index is 1.79. The van der Waals surface area contributed by atoms with E-state index in [1.807, 2.05) is 0 Å². The molecule has 3 rings (SSSR count). The first kappa shape index (κ1) is 25.9. The van der Waals surface area contributed by atoms with E-state index in [9.17, 15) is 50.4 Å². The number of non-ortho nitro benzene ring substituents is 2. The van der Waals surface area contributed by atoms with Crippen LogP contribution in [0.15, 0.2) is 60.7 Å². The van der Waals surface area contributed by atoms with E-state index in [1.165, 1.54) is 24.3 Å². The maximum atomic E-state index is 11.8. The van der Waals surface area contributed by atoms with Gasteiger partial charge in [-0.2, -0.15) is 0 Å². The number of benzene rings is 3. The number of nitro groups is 4. The minimum Gasteiger partial charge on any atom is -0.480 e. The van der Waals surface area contributed by atoms with Crippen LogP contribution in [-0.4, -0.2) is 36.8 Å². The lowest BCUT2D eigenvalue weighted by atomic mass is 10.1. The monoisotopic (exact) mass is 513 g/mol. The highest BCUT2D eigenvalue weighted by atomic mass is 16.6. The molecule has 0 aliphatic rings. The number of carbonyl (C=O) groups is 1. The Hall–Kier alpha value is -5.67. The third-order valence-electron chi connectivity index (χ3n) is 4.96. The van der Waals surface area contributed by atoms with Crippen LogP contribution in [0.1, 0.15) is 5.56 Å². The fraction of sp³-hybridized carbons (Fsp3) is 0.0952. The summed E-state index contributed by atoms with van der Waals surface area (Å²) in [5, 5.41) is 56.4. The molecule has 0 aliphatic heterocycles. The summed E-state index contributed by atoms with van der Waals surface area (Å²) in [7, 11) is 0. The van der Waals surface area contributed by atoms with Crippen molar-refractivity contribution in [1.29, 1.82) is 0 Å². The summed E-state index contributed by atoms with van der Waals surface area (Å²) in [6.07, 6.45) is -0.165. The highest BCUT2D eigenvalue weighted by molar-refractivity contribution is 5.80. The predicted octanol–water partition coefficient (Wildman–Crippen LogP) is 4.22. The molecule has 3 aromatic carbocycles. The molecule has 0 saturated heterocycles. The SMILES string of the molecule is O=C(O)[C@H](Cc1ccc(Oc2ccc([N+](=O)[O-])cc2[N+](=O)[O-])cc1)Nc1ccc([N+](=O)[O-])cc1[N+](=O)[O-]. The van der Waals surface area contributed by atoms with Gasteiger partial charge in [-0.25, -0.2) is 4.79 Å². The van der Waals surface area contributed by atoms with Crippen LogP contribution in [0.2, 0.25) is 0 Å². The van der Waals surface area contributed by atoms with Gasteiger partial charge in [0.2, 0.25) is 5.75 Å². The highest BCUT2D eigenvalue weighted by Gasteiger charge is 2.25. The maximum Gasteiger partial charge on any atom is 0.326 e. The van der Waals surface area contributed by atoms with E-state index < -0.39 is 54.5 Å². The molecule has 1 atom stereocenters. The van der Waals surface area contributed by atoms with Crippen LogP contribution in [0.5, 0.6) is 11.5 Å². The molecule has 0 radical (unpaired) electrons. The summed E-state index contributed by atoms with van der Waals surface area (Å²) < 4.78 is 5.46. The van der Waals surface area contributed by atoms with Gasteiger partial charge in [0.25, 0.3) is 17.1 Å². The second-order valence-electron chi connectivity index (χ2n) is 7.37. The van der Waals surface area contributed by atoms with Crippen molar-refractivity contribution in [2.24, 2.45) is 0 Å². The quantitative estimate of drug-likeness (QED) is 0.271. The van der Waals surface area contributed by atoms with Crippen LogP contribution < -0.4 is 10.1 Å². The van der Waals surface area contributed by atoms with Crippen molar-refractivity contribution in [3.63, 3.8) is 0 Å². The smallest absolute Gasteiger partial charge is 0.326 e. The van der Waals surface area contributed by atoms with Gasteiger partial charge in [0, 0.05) is 18.6 Å². The third-order valence-corrected chi connectivity index (χ3v) is 4.96. The molecule has 2 N–H and O–H groups in total. The normalized spacial score (nSPS) is 11.2. The van der Waals surface area contributed by atoms with Crippen molar-refractivity contribution in [2.45, 2.75) is 12.5 Å². The second kappa shape index (κ2) is 10.7. The minimum atomic E-state index is -1.36. The van der Waals surface area contributed by atoms with Crippen molar-refractivity contribution in [3.8, 4) is 11.5 Å². The van der Waals surface area contributed by atoms with Crippen LogP contribution >= 0.6 is 0 Å². The first-order valence-electron chi connectivity index (χ1n) is 10.1. The molecule has 3 aromatic rings. The van der Waals surface area contributed by atoms with Gasteiger partial charge in [-0.3, -0.25) is 40.5 Å². The van der Waals surface area contributed by atoms with E-state index in [0.717, 1.165) is 30.3 Å². The number of carboxylic acid groups (broad SMARTS) is 1. The molecule has 16 nitrogen and oxygen atoms in total. The molecular formula is C21H15N5O11. The van der Waals surface area contributed by atoms with Gasteiger partial charge >= 0.3 is 11.7 Å². The van der Waals surface area contributed by atoms with Gasteiger partial charge in [-0.05, 0) is 29.8 Å². The van der Waals surface area contributed by atoms with E-state index in [-0.39, 0.29) is 23.6 Å². The maximum absolute atomic E-state index is 11.8. The van der Waals surface area contributed by atoms with E-state index in [4.69, 9.17) is 4.74 Å². The van der Waals surface area contributed by atoms with Crippen molar-refractivity contribution < 1.29 is 34.3 Å². The van der Waals surface area contributed by atoms with E-state index in [1.54, 1.807) is 0 Å². The lowest BCUT2D eigenvalue weighted by Crippen LogP contribution is -2.31. The number of anilines is 1. The summed E-state index contributed by atoms with van der Waals surface area (Å²) in [5.74, 6) is -1.49. The molecule has 37 heavy (non-hydrogen) atoms. The molecule has 0 aliphatic carbocycles. The van der Waals surface area contributed by atoms with Gasteiger partial charge in [0.1, 0.15) is 17.5 Å². The lowest BCUT2D eigenvalue weighted by molar-refractivity contribution is -0.394. The number of ether oxygens (including phenoxy) is 1. The lowest BCUT2D eigenvalue weighted by Gasteiger charge is -2.16. The number of carboxylic acids is 1. The van der Waals surface area contributed by atoms with Crippen molar-refractivity contribution in [3.05, 3.63) is 107 Å². The first-order valence-corrected chi connectivity index (χ1v) is 10.1. The van der Waals surface area contributed by atoms with Crippen molar-refractivity contribution in [1.82, 2.24) is 0 Å². The van der Waals surface area contributed by atoms with Gasteiger partial charge in [-0.1, -0.05) is 12.1 Å². The average Bonchev–Trinajstić information content (AvgIpc) is 2.84. The molecule has 0 amide bonds. The molecule has 0 spiro atoms. The topological polar surface area (TPSA) is 231 Å². The van der Waals surface area contributed by atoms with Crippen LogP contribution in [0.25, 0.3) is 0 Å². The van der Waals surface area contributed by atoms with Crippen LogP contribution in [0, 0.1) is 40.5 Å². The number of nitrogens with zero attached hydrogens (tertiary/aromatic N) is 4. The van der Waals surface area contributed by atoms with E-state index in [0.29, 0.717) is 11.6 Å². The zero-order chi connectivity index (χ0) is 27.3. The molecule has 0 unspecified atom stereocenters. The largest absolute Gasteiger partial charge is 0.480 e. The summed E-state index contributed by atoms with van der Waals surface area (Å²) in [6, 6.07) is 9.93. The molecule has 0 bridgehead atoms. The third kappa shape index (κ3) is 6.27. The molecule has 16 heteroatoms. The van der Waals surface area contributed by atoms with Gasteiger partial charge in [0.15, 0.2) is 0 Å². The fourth-order valence-corrected chi connectivity index (χ4v) is 3.20. The second-order valence-corrected chi connectivity index (χ2v) is 7.37. The Labute approximate surface area is 205 Å². The number of hydrogen-bond acceptors (Lipinski definition) is 11. The Bertz CT molecular complexity index is 1410. The molecule has 0 saturated carbocycles. The molecule has 0 fully saturated rings. The molecule has 0 heterocycles. The number of aliphatic carboxylic acids is 1. The fourth-order valence-electron chi connectivity index (χ4n) is 3.20. The number of rotatable bonds is 11. The summed E-state index contributed by atoms with van der Waals surface area (Å²) in [5.41, 5.74) is -2.11. The minimum absolute atomic E-state index is 0.117. The zero-order valence-electron chi connectivity index (χ0n) is 18.4. The van der Waals surface area contributed by atoms with Gasteiger partial charge in [-0.15, -0.1) is 0 Å². The summed E-state index contributed by atoms with van der Waals surface area (Å²) in [6.45, 7) is 0. The Morgan fingerprint density at radius 1 is 0.784 bits per heavy atom. The Morgan fingerprint density at radius 3 is 1.84 bits per heavy atom. The zero-order valence-corrected chi connectivity index (χ0v) is 18.4. The summed E-state index contributed by atoms with van der Waals surface area (Å²) in [4.78, 5) is 52.8. The Morgan fingerprint density at radius 2 is 1.32 bits per heavy atom. The van der Waals surface area contributed by atoms with Gasteiger partial charge in [0.05, 0.1) is 31.8 Å². The summed E-state index contributed by atoms with van der Waals surface area (Å²) >= 11 is 0. The number of hydrogen-bond donors (Lipinski definition) is 2. The predicted molar refractivity (Wildman–Crippen MR) is 125 cm³/mol. The van der Waals surface area contributed by atoms with Crippen molar-refractivity contribution in [2.75, 3.05) is 5.32 Å². The Kier molecular flexibility index (Phi) is 7.52. The molecular weight excluding hydrogens is 498 g/mol. The van der Waals surface area contributed by atoms with Crippen LogP contribution in [0.3, 0.4) is 0 Å². The average molecular weight is 513 g/mol. The molecule has 0 aromatic heterocycles. The van der Waals surface area contributed by atoms with E-state index >= 15 is 0 Å².